The molecule has 5 aromatic rings. The Hall–Kier alpha value is -4.25. The van der Waals surface area contributed by atoms with Crippen LogP contribution in [0.2, 0.25) is 0 Å². The van der Waals surface area contributed by atoms with Crippen LogP contribution >= 0.6 is 0 Å². The summed E-state index contributed by atoms with van der Waals surface area (Å²) >= 11 is 0. The number of aromatic nitrogens is 3. The number of benzene rings is 3. The van der Waals surface area contributed by atoms with Crippen LogP contribution in [-0.4, -0.2) is 16.6 Å². The molecule has 32 heavy (non-hydrogen) atoms. The third-order valence-electron chi connectivity index (χ3n) is 5.27. The van der Waals surface area contributed by atoms with Crippen molar-refractivity contribution < 1.29 is 9.47 Å². The van der Waals surface area contributed by atoms with Gasteiger partial charge in [0.05, 0.1) is 23.5 Å². The van der Waals surface area contributed by atoms with Crippen LogP contribution in [0.4, 0.5) is 0 Å². The molecule has 0 aliphatic heterocycles. The lowest BCUT2D eigenvalue weighted by molar-refractivity contribution is -0.605. The molecule has 0 radical (unpaired) electrons. The predicted molar refractivity (Wildman–Crippen MR) is 125 cm³/mol. The van der Waals surface area contributed by atoms with Gasteiger partial charge < -0.3 is 9.94 Å². The van der Waals surface area contributed by atoms with Crippen LogP contribution in [0, 0.1) is 5.21 Å². The van der Waals surface area contributed by atoms with Gasteiger partial charge in [-0.05, 0) is 17.7 Å². The summed E-state index contributed by atoms with van der Waals surface area (Å²) in [5, 5.41) is 11.2. The van der Waals surface area contributed by atoms with Gasteiger partial charge in [0, 0.05) is 29.7 Å². The Morgan fingerprint density at radius 2 is 1.31 bits per heavy atom. The third-order valence-corrected chi connectivity index (χ3v) is 5.27. The molecule has 5 heteroatoms. The number of nitrogens with zero attached hydrogens (tertiary/aromatic N) is 3. The highest BCUT2D eigenvalue weighted by Crippen LogP contribution is 2.33. The smallest absolute Gasteiger partial charge is 0.180 e. The first-order valence-corrected chi connectivity index (χ1v) is 10.5. The molecule has 2 aromatic heterocycles. The molecule has 0 spiro atoms. The number of hydrogen-bond acceptors (Lipinski definition) is 4. The first-order chi connectivity index (χ1) is 15.8. The van der Waals surface area contributed by atoms with E-state index in [2.05, 4.69) is 0 Å². The van der Waals surface area contributed by atoms with Gasteiger partial charge in [0.15, 0.2) is 12.4 Å². The van der Waals surface area contributed by atoms with Gasteiger partial charge in [-0.3, -0.25) is 0 Å². The van der Waals surface area contributed by atoms with E-state index in [9.17, 15) is 5.21 Å². The molecule has 0 amide bonds. The van der Waals surface area contributed by atoms with Crippen molar-refractivity contribution in [2.75, 3.05) is 6.61 Å². The van der Waals surface area contributed by atoms with Crippen molar-refractivity contribution in [2.45, 2.75) is 6.42 Å². The fourth-order valence-corrected chi connectivity index (χ4v) is 3.65. The molecular formula is C27H21N3O2. The average molecular weight is 419 g/mol. The molecule has 156 valence electrons. The van der Waals surface area contributed by atoms with E-state index in [0.29, 0.717) is 18.8 Å². The maximum absolute atomic E-state index is 11.2. The molecule has 0 aliphatic carbocycles. The van der Waals surface area contributed by atoms with Gasteiger partial charge in [0.2, 0.25) is 0 Å². The standard InChI is InChI=1S/C27H21N3O2/c31-30-17-14-20(15-18-30)16-19-32-24-13-7-12-23-27(24)29-26(22-10-5-2-6-11-22)25(28-23)21-8-3-1-4-9-21/h1-15,17-18H,16,19H2. The minimum absolute atomic E-state index is 0.477. The molecule has 0 saturated carbocycles. The van der Waals surface area contributed by atoms with Gasteiger partial charge in [0.25, 0.3) is 0 Å². The summed E-state index contributed by atoms with van der Waals surface area (Å²) < 4.78 is 6.88. The van der Waals surface area contributed by atoms with Gasteiger partial charge in [-0.25, -0.2) is 9.97 Å². The van der Waals surface area contributed by atoms with Crippen molar-refractivity contribution in [3.8, 4) is 28.3 Å². The summed E-state index contributed by atoms with van der Waals surface area (Å²) in [5.74, 6) is 0.696. The first-order valence-electron chi connectivity index (χ1n) is 10.5. The topological polar surface area (TPSA) is 62.0 Å². The zero-order chi connectivity index (χ0) is 21.8. The first kappa shape index (κ1) is 19.7. The number of ether oxygens (including phenoxy) is 1. The molecule has 5 nitrogen and oxygen atoms in total. The lowest BCUT2D eigenvalue weighted by Gasteiger charge is -2.13. The second-order valence-electron chi connectivity index (χ2n) is 7.44. The molecule has 0 bridgehead atoms. The zero-order valence-electron chi connectivity index (χ0n) is 17.4. The van der Waals surface area contributed by atoms with E-state index in [4.69, 9.17) is 14.7 Å². The van der Waals surface area contributed by atoms with Crippen molar-refractivity contribution in [3.63, 3.8) is 0 Å². The molecule has 0 saturated heterocycles. The highest BCUT2D eigenvalue weighted by Gasteiger charge is 2.15. The van der Waals surface area contributed by atoms with Gasteiger partial charge in [-0.1, -0.05) is 66.7 Å². The van der Waals surface area contributed by atoms with Crippen molar-refractivity contribution in [1.29, 1.82) is 0 Å². The molecule has 0 N–H and O–H groups in total. The van der Waals surface area contributed by atoms with Gasteiger partial charge in [0.1, 0.15) is 11.3 Å². The number of para-hydroxylation sites is 1. The van der Waals surface area contributed by atoms with Gasteiger partial charge >= 0.3 is 0 Å². The Kier molecular flexibility index (Phi) is 5.45. The van der Waals surface area contributed by atoms with Crippen molar-refractivity contribution in [1.82, 2.24) is 9.97 Å². The van der Waals surface area contributed by atoms with Gasteiger partial charge in [-0.2, -0.15) is 4.73 Å². The van der Waals surface area contributed by atoms with Crippen molar-refractivity contribution in [3.05, 3.63) is 114 Å². The highest BCUT2D eigenvalue weighted by atomic mass is 16.5. The second kappa shape index (κ2) is 8.86. The number of rotatable bonds is 6. The summed E-state index contributed by atoms with van der Waals surface area (Å²) in [7, 11) is 0. The van der Waals surface area contributed by atoms with E-state index < -0.39 is 0 Å². The Balaban J connectivity index is 1.53. The maximum Gasteiger partial charge on any atom is 0.180 e. The van der Waals surface area contributed by atoms with E-state index in [1.807, 2.05) is 78.9 Å². The molecule has 0 unspecified atom stereocenters. The fraction of sp³-hybridized carbons (Fsp3) is 0.0741. The Labute approximate surface area is 186 Å². The molecule has 0 atom stereocenters. The van der Waals surface area contributed by atoms with Crippen LogP contribution in [0.1, 0.15) is 5.56 Å². The zero-order valence-corrected chi connectivity index (χ0v) is 17.4. The monoisotopic (exact) mass is 419 g/mol. The van der Waals surface area contributed by atoms with Crippen LogP contribution in [0.25, 0.3) is 33.5 Å². The Morgan fingerprint density at radius 1 is 0.688 bits per heavy atom. The predicted octanol–water partition coefficient (Wildman–Crippen LogP) is 5.22. The minimum Gasteiger partial charge on any atom is -0.619 e. The van der Waals surface area contributed by atoms with Crippen LogP contribution in [-0.2, 0) is 6.42 Å². The van der Waals surface area contributed by atoms with Gasteiger partial charge in [-0.15, -0.1) is 0 Å². The number of fused-ring (bicyclic) bond motifs is 1. The second-order valence-corrected chi connectivity index (χ2v) is 7.44. The maximum atomic E-state index is 11.2. The van der Waals surface area contributed by atoms with Crippen LogP contribution in [0.5, 0.6) is 5.75 Å². The average Bonchev–Trinajstić information content (AvgIpc) is 2.86. The van der Waals surface area contributed by atoms with E-state index >= 15 is 0 Å². The lowest BCUT2D eigenvalue weighted by atomic mass is 10.0. The fourth-order valence-electron chi connectivity index (χ4n) is 3.65. The third kappa shape index (κ3) is 4.14. The normalized spacial score (nSPS) is 10.9. The van der Waals surface area contributed by atoms with E-state index in [1.54, 1.807) is 12.1 Å². The van der Waals surface area contributed by atoms with E-state index in [-0.39, 0.29) is 0 Å². The summed E-state index contributed by atoms with van der Waals surface area (Å²) in [6, 6.07) is 29.6. The lowest BCUT2D eigenvalue weighted by Crippen LogP contribution is -2.23. The van der Waals surface area contributed by atoms with Crippen molar-refractivity contribution >= 4 is 11.0 Å². The summed E-state index contributed by atoms with van der Waals surface area (Å²) in [5.41, 5.74) is 6.25. The number of hydrogen-bond donors (Lipinski definition) is 0. The van der Waals surface area contributed by atoms with Crippen LogP contribution in [0.3, 0.4) is 0 Å². The quantitative estimate of drug-likeness (QED) is 0.280. The van der Waals surface area contributed by atoms with Crippen molar-refractivity contribution in [2.24, 2.45) is 0 Å². The van der Waals surface area contributed by atoms with E-state index in [1.165, 1.54) is 12.4 Å². The highest BCUT2D eigenvalue weighted by molar-refractivity contribution is 5.89. The molecule has 3 aromatic carbocycles. The molecular weight excluding hydrogens is 398 g/mol. The Bertz CT molecular complexity index is 1340. The summed E-state index contributed by atoms with van der Waals surface area (Å²) in [4.78, 5) is 10.0. The summed E-state index contributed by atoms with van der Waals surface area (Å²) in [6.07, 6.45) is 3.68. The SMILES string of the molecule is [O-][n+]1ccc(CCOc2cccc3nc(-c4ccccc4)c(-c4ccccc4)nc23)cc1. The van der Waals surface area contributed by atoms with Crippen LogP contribution < -0.4 is 9.47 Å². The molecule has 2 heterocycles. The number of pyridine rings is 1. The minimum atomic E-state index is 0.477. The largest absolute Gasteiger partial charge is 0.619 e. The molecule has 5 rings (SSSR count). The molecule has 0 fully saturated rings. The Morgan fingerprint density at radius 3 is 1.97 bits per heavy atom. The molecule has 0 aliphatic rings. The summed E-state index contributed by atoms with van der Waals surface area (Å²) in [6.45, 7) is 0.477. The van der Waals surface area contributed by atoms with Crippen LogP contribution in [0.15, 0.2) is 103 Å². The van der Waals surface area contributed by atoms with E-state index in [0.717, 1.165) is 43.8 Å².